The smallest absolute Gasteiger partial charge is 0.224 e. The van der Waals surface area contributed by atoms with Gasteiger partial charge in [-0.05, 0) is 42.0 Å². The van der Waals surface area contributed by atoms with Crippen LogP contribution in [0.4, 0.5) is 5.69 Å². The normalized spacial score (nSPS) is 10.6. The second-order valence-corrected chi connectivity index (χ2v) is 5.66. The lowest BCUT2D eigenvalue weighted by atomic mass is 10.0. The summed E-state index contributed by atoms with van der Waals surface area (Å²) in [5.74, 6) is 0.601. The Kier molecular flexibility index (Phi) is 5.56. The third-order valence-corrected chi connectivity index (χ3v) is 3.57. The maximum absolute atomic E-state index is 11.9. The molecule has 0 spiro atoms. The molecule has 0 aliphatic heterocycles. The van der Waals surface area contributed by atoms with Gasteiger partial charge in [0.15, 0.2) is 0 Å². The second kappa shape index (κ2) is 7.63. The standard InChI is InChI=1S/C19H23NO/c1-15(2)17-11-13-18(14-12-17)20-19(21)10-6-9-16-7-4-3-5-8-16/h3-5,7-8,11-15H,6,9-10H2,1-2H3,(H,20,21). The minimum absolute atomic E-state index is 0.0863. The molecule has 2 nitrogen and oxygen atoms in total. The Bertz CT molecular complexity index is 558. The number of carbonyl (C=O) groups is 1. The van der Waals surface area contributed by atoms with Crippen molar-refractivity contribution in [3.05, 3.63) is 65.7 Å². The predicted octanol–water partition coefficient (Wildman–Crippen LogP) is 4.77. The molecule has 0 saturated carbocycles. The molecule has 0 saturated heterocycles. The van der Waals surface area contributed by atoms with Crippen LogP contribution in [0, 0.1) is 0 Å². The van der Waals surface area contributed by atoms with Crippen molar-refractivity contribution in [3.63, 3.8) is 0 Å². The van der Waals surface area contributed by atoms with Crippen LogP contribution in [0.15, 0.2) is 54.6 Å². The lowest BCUT2D eigenvalue weighted by Crippen LogP contribution is -2.11. The van der Waals surface area contributed by atoms with Crippen LogP contribution in [0.1, 0.15) is 43.7 Å². The molecule has 2 aromatic rings. The Morgan fingerprint density at radius 3 is 2.29 bits per heavy atom. The van der Waals surface area contributed by atoms with Crippen LogP contribution in [-0.4, -0.2) is 5.91 Å². The maximum atomic E-state index is 11.9. The molecule has 0 radical (unpaired) electrons. The Balaban J connectivity index is 1.76. The first kappa shape index (κ1) is 15.3. The molecular formula is C19H23NO. The first-order chi connectivity index (χ1) is 10.1. The molecule has 0 aliphatic rings. The van der Waals surface area contributed by atoms with Gasteiger partial charge in [0.2, 0.25) is 5.91 Å². The molecule has 0 aliphatic carbocycles. The van der Waals surface area contributed by atoms with Crippen LogP contribution in [0.3, 0.4) is 0 Å². The van der Waals surface area contributed by atoms with Crippen molar-refractivity contribution < 1.29 is 4.79 Å². The van der Waals surface area contributed by atoms with E-state index in [9.17, 15) is 4.79 Å². The molecule has 2 heteroatoms. The topological polar surface area (TPSA) is 29.1 Å². The first-order valence-corrected chi connectivity index (χ1v) is 7.59. The Morgan fingerprint density at radius 2 is 1.67 bits per heavy atom. The van der Waals surface area contributed by atoms with Gasteiger partial charge in [0, 0.05) is 12.1 Å². The van der Waals surface area contributed by atoms with Crippen molar-refractivity contribution in [1.82, 2.24) is 0 Å². The van der Waals surface area contributed by atoms with E-state index < -0.39 is 0 Å². The number of aryl methyl sites for hydroxylation is 1. The van der Waals surface area contributed by atoms with Crippen molar-refractivity contribution in [1.29, 1.82) is 0 Å². The van der Waals surface area contributed by atoms with E-state index in [-0.39, 0.29) is 5.91 Å². The zero-order valence-electron chi connectivity index (χ0n) is 12.8. The van der Waals surface area contributed by atoms with Gasteiger partial charge in [-0.15, -0.1) is 0 Å². The number of anilines is 1. The number of nitrogens with one attached hydrogen (secondary N) is 1. The Hall–Kier alpha value is -2.09. The van der Waals surface area contributed by atoms with Crippen LogP contribution < -0.4 is 5.32 Å². The maximum Gasteiger partial charge on any atom is 0.224 e. The summed E-state index contributed by atoms with van der Waals surface area (Å²) in [5.41, 5.74) is 3.45. The fourth-order valence-electron chi connectivity index (χ4n) is 2.27. The molecule has 0 atom stereocenters. The SMILES string of the molecule is CC(C)c1ccc(NC(=O)CCCc2ccccc2)cc1. The highest BCUT2D eigenvalue weighted by atomic mass is 16.1. The van der Waals surface area contributed by atoms with Crippen molar-refractivity contribution in [2.24, 2.45) is 0 Å². The van der Waals surface area contributed by atoms with Crippen LogP contribution in [-0.2, 0) is 11.2 Å². The van der Waals surface area contributed by atoms with E-state index in [0.29, 0.717) is 12.3 Å². The average molecular weight is 281 g/mol. The predicted molar refractivity (Wildman–Crippen MR) is 88.5 cm³/mol. The first-order valence-electron chi connectivity index (χ1n) is 7.59. The molecule has 2 rings (SSSR count). The van der Waals surface area contributed by atoms with Crippen molar-refractivity contribution >= 4 is 11.6 Å². The molecular weight excluding hydrogens is 258 g/mol. The molecule has 0 unspecified atom stereocenters. The molecule has 0 fully saturated rings. The summed E-state index contributed by atoms with van der Waals surface area (Å²) in [6.07, 6.45) is 2.38. The zero-order chi connectivity index (χ0) is 15.1. The van der Waals surface area contributed by atoms with Crippen LogP contribution in [0.5, 0.6) is 0 Å². The lowest BCUT2D eigenvalue weighted by molar-refractivity contribution is -0.116. The van der Waals surface area contributed by atoms with Gasteiger partial charge in [-0.2, -0.15) is 0 Å². The summed E-state index contributed by atoms with van der Waals surface area (Å²) in [7, 11) is 0. The molecule has 2 aromatic carbocycles. The van der Waals surface area contributed by atoms with Gasteiger partial charge < -0.3 is 5.32 Å². The van der Waals surface area contributed by atoms with Crippen molar-refractivity contribution in [3.8, 4) is 0 Å². The monoisotopic (exact) mass is 281 g/mol. The molecule has 0 aromatic heterocycles. The number of amides is 1. The summed E-state index contributed by atoms with van der Waals surface area (Å²) in [6, 6.07) is 18.4. The van der Waals surface area contributed by atoms with Gasteiger partial charge in [0.25, 0.3) is 0 Å². The molecule has 0 bridgehead atoms. The molecule has 21 heavy (non-hydrogen) atoms. The van der Waals surface area contributed by atoms with Crippen molar-refractivity contribution in [2.75, 3.05) is 5.32 Å². The van der Waals surface area contributed by atoms with E-state index >= 15 is 0 Å². The fraction of sp³-hybridized carbons (Fsp3) is 0.316. The summed E-state index contributed by atoms with van der Waals surface area (Å²) in [6.45, 7) is 4.33. The lowest BCUT2D eigenvalue weighted by Gasteiger charge is -2.08. The summed E-state index contributed by atoms with van der Waals surface area (Å²) < 4.78 is 0. The number of benzene rings is 2. The summed E-state index contributed by atoms with van der Waals surface area (Å²) in [4.78, 5) is 11.9. The molecule has 1 amide bonds. The third-order valence-electron chi connectivity index (χ3n) is 3.57. The van der Waals surface area contributed by atoms with Gasteiger partial charge in [-0.1, -0.05) is 56.3 Å². The summed E-state index contributed by atoms with van der Waals surface area (Å²) >= 11 is 0. The molecule has 1 N–H and O–H groups in total. The highest BCUT2D eigenvalue weighted by Gasteiger charge is 2.04. The molecule has 0 heterocycles. The third kappa shape index (κ3) is 5.07. The van der Waals surface area contributed by atoms with Crippen LogP contribution in [0.2, 0.25) is 0 Å². The van der Waals surface area contributed by atoms with Crippen LogP contribution in [0.25, 0.3) is 0 Å². The van der Waals surface area contributed by atoms with Gasteiger partial charge in [-0.25, -0.2) is 0 Å². The number of rotatable bonds is 6. The highest BCUT2D eigenvalue weighted by Crippen LogP contribution is 2.17. The quantitative estimate of drug-likeness (QED) is 0.811. The zero-order valence-corrected chi connectivity index (χ0v) is 12.8. The van der Waals surface area contributed by atoms with E-state index in [4.69, 9.17) is 0 Å². The minimum Gasteiger partial charge on any atom is -0.326 e. The highest BCUT2D eigenvalue weighted by molar-refractivity contribution is 5.90. The number of hydrogen-bond donors (Lipinski definition) is 1. The number of hydrogen-bond acceptors (Lipinski definition) is 1. The van der Waals surface area contributed by atoms with Gasteiger partial charge >= 0.3 is 0 Å². The Morgan fingerprint density at radius 1 is 1.00 bits per heavy atom. The van der Waals surface area contributed by atoms with E-state index in [2.05, 4.69) is 43.4 Å². The second-order valence-electron chi connectivity index (χ2n) is 5.66. The number of carbonyl (C=O) groups excluding carboxylic acids is 1. The fourth-order valence-corrected chi connectivity index (χ4v) is 2.27. The van der Waals surface area contributed by atoms with E-state index in [1.807, 2.05) is 30.3 Å². The van der Waals surface area contributed by atoms with E-state index in [1.165, 1.54) is 11.1 Å². The van der Waals surface area contributed by atoms with E-state index in [1.54, 1.807) is 0 Å². The summed E-state index contributed by atoms with van der Waals surface area (Å²) in [5, 5.41) is 2.96. The van der Waals surface area contributed by atoms with Crippen molar-refractivity contribution in [2.45, 2.75) is 39.0 Å². The Labute approximate surface area is 127 Å². The van der Waals surface area contributed by atoms with Crippen LogP contribution >= 0.6 is 0 Å². The largest absolute Gasteiger partial charge is 0.326 e. The van der Waals surface area contributed by atoms with Gasteiger partial charge in [0.05, 0.1) is 0 Å². The van der Waals surface area contributed by atoms with Gasteiger partial charge in [-0.3, -0.25) is 4.79 Å². The molecule has 110 valence electrons. The minimum atomic E-state index is 0.0863. The van der Waals surface area contributed by atoms with E-state index in [0.717, 1.165) is 18.5 Å². The average Bonchev–Trinajstić information content (AvgIpc) is 2.49. The van der Waals surface area contributed by atoms with Gasteiger partial charge in [0.1, 0.15) is 0 Å².